The summed E-state index contributed by atoms with van der Waals surface area (Å²) in [7, 11) is 1.32. The van der Waals surface area contributed by atoms with Crippen LogP contribution >= 0.6 is 0 Å². The Morgan fingerprint density at radius 2 is 2.21 bits per heavy atom. The number of nitrogens with two attached hydrogens (primary N) is 1. The number of nitrogen functional groups attached to an aromatic ring is 1. The maximum absolute atomic E-state index is 11.3. The Morgan fingerprint density at radius 3 is 2.93 bits per heavy atom. The highest BCUT2D eigenvalue weighted by Gasteiger charge is 2.13. The summed E-state index contributed by atoms with van der Waals surface area (Å²) in [6, 6.07) is 5.00. The van der Waals surface area contributed by atoms with E-state index in [-0.39, 0.29) is 0 Å². The van der Waals surface area contributed by atoms with Crippen molar-refractivity contribution in [2.24, 2.45) is 0 Å². The van der Waals surface area contributed by atoms with Gasteiger partial charge in [-0.15, -0.1) is 0 Å². The molecule has 2 rings (SSSR count). The van der Waals surface area contributed by atoms with Gasteiger partial charge in [-0.3, -0.25) is 0 Å². The lowest BCUT2D eigenvalue weighted by Gasteiger charge is -2.03. The van der Waals surface area contributed by atoms with Crippen molar-refractivity contribution in [1.29, 1.82) is 0 Å². The molecule has 0 saturated carbocycles. The Kier molecular flexibility index (Phi) is 1.89. The van der Waals surface area contributed by atoms with Crippen LogP contribution in [0, 0.1) is 0 Å². The van der Waals surface area contributed by atoms with Crippen molar-refractivity contribution in [2.75, 3.05) is 12.8 Å². The summed E-state index contributed by atoms with van der Waals surface area (Å²) in [6.45, 7) is 0. The quantitative estimate of drug-likeness (QED) is 0.551. The van der Waals surface area contributed by atoms with Crippen LogP contribution in [0.5, 0.6) is 0 Å². The highest BCUT2D eigenvalue weighted by molar-refractivity contribution is 6.04. The van der Waals surface area contributed by atoms with Crippen molar-refractivity contribution < 1.29 is 13.9 Å². The summed E-state index contributed by atoms with van der Waals surface area (Å²) in [5.74, 6) is -0.439. The van der Waals surface area contributed by atoms with Gasteiger partial charge in [-0.2, -0.15) is 0 Å². The molecule has 0 radical (unpaired) electrons. The van der Waals surface area contributed by atoms with Gasteiger partial charge in [-0.05, 0) is 18.2 Å². The largest absolute Gasteiger partial charge is 0.465 e. The molecule has 4 nitrogen and oxygen atoms in total. The second kappa shape index (κ2) is 3.06. The summed E-state index contributed by atoms with van der Waals surface area (Å²) in [5.41, 5.74) is 7.20. The van der Waals surface area contributed by atoms with Gasteiger partial charge in [-0.1, -0.05) is 0 Å². The molecular formula is C10H9NO3. The van der Waals surface area contributed by atoms with E-state index in [4.69, 9.17) is 10.2 Å². The summed E-state index contributed by atoms with van der Waals surface area (Å²) < 4.78 is 9.73. The van der Waals surface area contributed by atoms with Crippen LogP contribution in [-0.2, 0) is 4.74 Å². The molecule has 1 aromatic heterocycles. The Bertz CT molecular complexity index is 487. The van der Waals surface area contributed by atoms with E-state index in [2.05, 4.69) is 4.74 Å². The zero-order chi connectivity index (χ0) is 10.1. The van der Waals surface area contributed by atoms with Crippen LogP contribution in [0.4, 0.5) is 5.69 Å². The number of hydrogen-bond acceptors (Lipinski definition) is 4. The average Bonchev–Trinajstić information content (AvgIpc) is 2.66. The smallest absolute Gasteiger partial charge is 0.339 e. The summed E-state index contributed by atoms with van der Waals surface area (Å²) in [5, 5.41) is 0.730. The van der Waals surface area contributed by atoms with E-state index < -0.39 is 5.97 Å². The Labute approximate surface area is 80.3 Å². The lowest BCUT2D eigenvalue weighted by molar-refractivity contribution is 0.0602. The van der Waals surface area contributed by atoms with Gasteiger partial charge in [-0.25, -0.2) is 4.79 Å². The van der Waals surface area contributed by atoms with Gasteiger partial charge in [0.15, 0.2) is 0 Å². The standard InChI is InChI=1S/C10H9NO3/c1-13-10(12)7-2-3-8-6(9(7)11)4-5-14-8/h2-5H,11H2,1H3. The van der Waals surface area contributed by atoms with Crippen LogP contribution in [0.2, 0.25) is 0 Å². The number of furan rings is 1. The molecule has 72 valence electrons. The zero-order valence-electron chi connectivity index (χ0n) is 7.61. The molecule has 0 aliphatic carbocycles. The Morgan fingerprint density at radius 1 is 1.43 bits per heavy atom. The number of anilines is 1. The first-order valence-electron chi connectivity index (χ1n) is 4.08. The minimum Gasteiger partial charge on any atom is -0.465 e. The van der Waals surface area contributed by atoms with Crippen molar-refractivity contribution in [3.05, 3.63) is 30.0 Å². The lowest BCUT2D eigenvalue weighted by Crippen LogP contribution is -2.05. The molecule has 0 fully saturated rings. The van der Waals surface area contributed by atoms with Gasteiger partial charge in [0.2, 0.25) is 0 Å². The van der Waals surface area contributed by atoms with Crippen LogP contribution in [0.3, 0.4) is 0 Å². The number of hydrogen-bond donors (Lipinski definition) is 1. The highest BCUT2D eigenvalue weighted by Crippen LogP contribution is 2.25. The minimum absolute atomic E-state index is 0.362. The zero-order valence-corrected chi connectivity index (χ0v) is 7.61. The van der Waals surface area contributed by atoms with Gasteiger partial charge < -0.3 is 14.9 Å². The van der Waals surface area contributed by atoms with Gasteiger partial charge in [0.05, 0.1) is 24.6 Å². The summed E-state index contributed by atoms with van der Waals surface area (Å²) >= 11 is 0. The van der Waals surface area contributed by atoms with Crippen LogP contribution in [-0.4, -0.2) is 13.1 Å². The fourth-order valence-corrected chi connectivity index (χ4v) is 1.35. The van der Waals surface area contributed by atoms with E-state index in [0.717, 1.165) is 5.39 Å². The van der Waals surface area contributed by atoms with Gasteiger partial charge >= 0.3 is 5.97 Å². The third-order valence-corrected chi connectivity index (χ3v) is 2.08. The molecule has 0 atom stereocenters. The van der Waals surface area contributed by atoms with Gasteiger partial charge in [0.1, 0.15) is 5.58 Å². The first-order chi connectivity index (χ1) is 6.74. The monoisotopic (exact) mass is 191 g/mol. The molecule has 0 aliphatic heterocycles. The van der Waals surface area contributed by atoms with E-state index in [1.54, 1.807) is 18.2 Å². The van der Waals surface area contributed by atoms with E-state index in [0.29, 0.717) is 16.8 Å². The second-order valence-electron chi connectivity index (χ2n) is 2.85. The van der Waals surface area contributed by atoms with Crippen LogP contribution in [0.25, 0.3) is 11.0 Å². The molecule has 0 aliphatic rings. The number of rotatable bonds is 1. The van der Waals surface area contributed by atoms with Gasteiger partial charge in [0.25, 0.3) is 0 Å². The first kappa shape index (κ1) is 8.62. The van der Waals surface area contributed by atoms with Crippen molar-refractivity contribution in [2.45, 2.75) is 0 Å². The van der Waals surface area contributed by atoms with Crippen molar-refractivity contribution in [3.63, 3.8) is 0 Å². The number of benzene rings is 1. The second-order valence-corrected chi connectivity index (χ2v) is 2.85. The lowest BCUT2D eigenvalue weighted by atomic mass is 10.1. The molecule has 0 spiro atoms. The van der Waals surface area contributed by atoms with E-state index in [1.165, 1.54) is 13.4 Å². The summed E-state index contributed by atoms with van der Waals surface area (Å²) in [6.07, 6.45) is 1.53. The number of esters is 1. The Hall–Kier alpha value is -1.97. The molecule has 1 heterocycles. The molecule has 4 heteroatoms. The molecule has 2 aromatic rings. The van der Waals surface area contributed by atoms with Crippen molar-refractivity contribution in [1.82, 2.24) is 0 Å². The SMILES string of the molecule is COC(=O)c1ccc2occc2c1N. The molecule has 1 aromatic carbocycles. The first-order valence-corrected chi connectivity index (χ1v) is 4.08. The maximum atomic E-state index is 11.3. The third-order valence-electron chi connectivity index (χ3n) is 2.08. The number of carbonyl (C=O) groups is 1. The summed E-state index contributed by atoms with van der Waals surface area (Å²) in [4.78, 5) is 11.3. The fourth-order valence-electron chi connectivity index (χ4n) is 1.35. The van der Waals surface area contributed by atoms with Crippen molar-refractivity contribution >= 4 is 22.6 Å². The highest BCUT2D eigenvalue weighted by atomic mass is 16.5. The third kappa shape index (κ3) is 1.12. The number of ether oxygens (including phenoxy) is 1. The predicted molar refractivity (Wildman–Crippen MR) is 52.0 cm³/mol. The normalized spacial score (nSPS) is 10.4. The van der Waals surface area contributed by atoms with E-state index in [9.17, 15) is 4.79 Å². The molecule has 0 bridgehead atoms. The minimum atomic E-state index is -0.439. The molecule has 0 saturated heterocycles. The van der Waals surface area contributed by atoms with E-state index in [1.807, 2.05) is 0 Å². The van der Waals surface area contributed by atoms with Crippen LogP contribution in [0.1, 0.15) is 10.4 Å². The van der Waals surface area contributed by atoms with Crippen molar-refractivity contribution in [3.8, 4) is 0 Å². The average molecular weight is 191 g/mol. The number of methoxy groups -OCH3 is 1. The molecule has 0 amide bonds. The van der Waals surface area contributed by atoms with Gasteiger partial charge in [0, 0.05) is 5.39 Å². The predicted octanol–water partition coefficient (Wildman–Crippen LogP) is 1.80. The maximum Gasteiger partial charge on any atom is 0.339 e. The fraction of sp³-hybridized carbons (Fsp3) is 0.100. The molecular weight excluding hydrogens is 182 g/mol. The number of carbonyl (C=O) groups excluding carboxylic acids is 1. The molecule has 2 N–H and O–H groups in total. The van der Waals surface area contributed by atoms with E-state index >= 15 is 0 Å². The van der Waals surface area contributed by atoms with Crippen LogP contribution in [0.15, 0.2) is 28.9 Å². The molecule has 14 heavy (non-hydrogen) atoms. The Balaban J connectivity index is 2.67. The number of fused-ring (bicyclic) bond motifs is 1. The molecule has 0 unspecified atom stereocenters. The topological polar surface area (TPSA) is 65.5 Å². The van der Waals surface area contributed by atoms with Crippen LogP contribution < -0.4 is 5.73 Å².